The van der Waals surface area contributed by atoms with Gasteiger partial charge in [-0.1, -0.05) is 17.7 Å². The summed E-state index contributed by atoms with van der Waals surface area (Å²) in [4.78, 5) is 0. The van der Waals surface area contributed by atoms with Crippen LogP contribution in [0.1, 0.15) is 5.56 Å². The Balaban J connectivity index is 2.07. The van der Waals surface area contributed by atoms with Crippen LogP contribution in [0.25, 0.3) is 0 Å². The molecular weight excluding hydrogens is 264 g/mol. The maximum absolute atomic E-state index is 9.47. The number of anilines is 1. The molecule has 0 saturated heterocycles. The first-order valence-electron chi connectivity index (χ1n) is 5.60. The first kappa shape index (κ1) is 13.2. The lowest BCUT2D eigenvalue weighted by molar-refractivity contribution is 0.373. The van der Waals surface area contributed by atoms with Gasteiger partial charge in [0.15, 0.2) is 11.5 Å². The number of methoxy groups -OCH3 is 1. The van der Waals surface area contributed by atoms with Crippen molar-refractivity contribution in [3.05, 3.63) is 53.1 Å². The molecule has 0 bridgehead atoms. The highest BCUT2D eigenvalue weighted by molar-refractivity contribution is 6.30. The molecule has 0 aliphatic carbocycles. The van der Waals surface area contributed by atoms with Crippen LogP contribution in [0.2, 0.25) is 5.02 Å². The van der Waals surface area contributed by atoms with E-state index in [0.29, 0.717) is 10.8 Å². The van der Waals surface area contributed by atoms with Crippen LogP contribution in [0.4, 0.5) is 5.69 Å². The molecule has 0 unspecified atom stereocenters. The second kappa shape index (κ2) is 6.11. The molecule has 0 aliphatic rings. The minimum Gasteiger partial charge on any atom is -0.504 e. The zero-order valence-electron chi connectivity index (χ0n) is 10.3. The van der Waals surface area contributed by atoms with Gasteiger partial charge < -0.3 is 9.84 Å². The van der Waals surface area contributed by atoms with Crippen molar-refractivity contribution in [1.29, 1.82) is 0 Å². The smallest absolute Gasteiger partial charge is 0.161 e. The molecule has 0 saturated carbocycles. The number of hydrogen-bond donors (Lipinski definition) is 2. The number of nitrogens with zero attached hydrogens (tertiary/aromatic N) is 1. The monoisotopic (exact) mass is 276 g/mol. The van der Waals surface area contributed by atoms with E-state index in [-0.39, 0.29) is 5.75 Å². The second-order valence-electron chi connectivity index (χ2n) is 3.81. The van der Waals surface area contributed by atoms with Crippen LogP contribution in [-0.2, 0) is 0 Å². The largest absolute Gasteiger partial charge is 0.504 e. The summed E-state index contributed by atoms with van der Waals surface area (Å²) < 4.78 is 5.02. The standard InChI is InChI=1S/C14H13ClN2O2/c1-19-14-7-10(5-6-13(14)18)9-16-17-12-4-2-3-11(15)8-12/h2-9,17-18H,1H3. The summed E-state index contributed by atoms with van der Waals surface area (Å²) in [7, 11) is 1.50. The predicted molar refractivity (Wildman–Crippen MR) is 77.3 cm³/mol. The number of aromatic hydroxyl groups is 1. The molecule has 0 atom stereocenters. The van der Waals surface area contributed by atoms with Gasteiger partial charge in [-0.15, -0.1) is 0 Å². The van der Waals surface area contributed by atoms with Gasteiger partial charge in [-0.2, -0.15) is 5.10 Å². The average Bonchev–Trinajstić information content (AvgIpc) is 2.41. The molecule has 2 N–H and O–H groups in total. The van der Waals surface area contributed by atoms with Crippen LogP contribution in [0.15, 0.2) is 47.6 Å². The summed E-state index contributed by atoms with van der Waals surface area (Å²) in [6.45, 7) is 0. The molecule has 5 heteroatoms. The second-order valence-corrected chi connectivity index (χ2v) is 4.25. The molecule has 4 nitrogen and oxygen atoms in total. The number of benzene rings is 2. The highest BCUT2D eigenvalue weighted by Gasteiger charge is 2.00. The van der Waals surface area contributed by atoms with Crippen molar-refractivity contribution >= 4 is 23.5 Å². The van der Waals surface area contributed by atoms with Crippen LogP contribution in [0.5, 0.6) is 11.5 Å². The predicted octanol–water partition coefficient (Wildman–Crippen LogP) is 3.50. The van der Waals surface area contributed by atoms with Gasteiger partial charge in [0, 0.05) is 5.02 Å². The van der Waals surface area contributed by atoms with Gasteiger partial charge in [-0.25, -0.2) is 0 Å². The fourth-order valence-corrected chi connectivity index (χ4v) is 1.70. The van der Waals surface area contributed by atoms with E-state index >= 15 is 0 Å². The van der Waals surface area contributed by atoms with E-state index in [1.54, 1.807) is 36.5 Å². The Kier molecular flexibility index (Phi) is 4.26. The number of hydrazone groups is 1. The summed E-state index contributed by atoms with van der Waals surface area (Å²) >= 11 is 5.86. The number of hydrogen-bond acceptors (Lipinski definition) is 4. The van der Waals surface area contributed by atoms with Gasteiger partial charge in [0.1, 0.15) is 0 Å². The number of phenols is 1. The quantitative estimate of drug-likeness (QED) is 0.664. The first-order chi connectivity index (χ1) is 9.19. The van der Waals surface area contributed by atoms with E-state index in [9.17, 15) is 5.11 Å². The fourth-order valence-electron chi connectivity index (χ4n) is 1.51. The van der Waals surface area contributed by atoms with Crippen molar-refractivity contribution < 1.29 is 9.84 Å². The molecule has 0 amide bonds. The molecule has 0 aromatic heterocycles. The normalized spacial score (nSPS) is 10.6. The summed E-state index contributed by atoms with van der Waals surface area (Å²) in [5, 5.41) is 14.2. The summed E-state index contributed by atoms with van der Waals surface area (Å²) in [6, 6.07) is 12.3. The lowest BCUT2D eigenvalue weighted by Gasteiger charge is -2.04. The van der Waals surface area contributed by atoms with Gasteiger partial charge in [0.05, 0.1) is 19.0 Å². The molecule has 0 radical (unpaired) electrons. The Morgan fingerprint density at radius 1 is 1.26 bits per heavy atom. The molecule has 2 aromatic rings. The van der Waals surface area contributed by atoms with E-state index in [4.69, 9.17) is 16.3 Å². The first-order valence-corrected chi connectivity index (χ1v) is 5.98. The van der Waals surface area contributed by atoms with Crippen LogP contribution in [-0.4, -0.2) is 18.4 Å². The Morgan fingerprint density at radius 3 is 2.84 bits per heavy atom. The van der Waals surface area contributed by atoms with E-state index in [0.717, 1.165) is 11.3 Å². The Bertz CT molecular complexity index is 600. The molecule has 0 aliphatic heterocycles. The lowest BCUT2D eigenvalue weighted by Crippen LogP contribution is -1.91. The van der Waals surface area contributed by atoms with Crippen molar-refractivity contribution in [1.82, 2.24) is 0 Å². The number of ether oxygens (including phenoxy) is 1. The number of rotatable bonds is 4. The highest BCUT2D eigenvalue weighted by Crippen LogP contribution is 2.25. The molecule has 2 rings (SSSR count). The zero-order chi connectivity index (χ0) is 13.7. The number of halogens is 1. The summed E-state index contributed by atoms with van der Waals surface area (Å²) in [6.07, 6.45) is 1.63. The third kappa shape index (κ3) is 3.63. The Hall–Kier alpha value is -2.20. The topological polar surface area (TPSA) is 53.8 Å². The SMILES string of the molecule is COc1cc(C=NNc2cccc(Cl)c2)ccc1O. The maximum atomic E-state index is 9.47. The van der Waals surface area contributed by atoms with Crippen LogP contribution >= 0.6 is 11.6 Å². The van der Waals surface area contributed by atoms with Gasteiger partial charge in [-0.05, 0) is 42.0 Å². The van der Waals surface area contributed by atoms with Gasteiger partial charge in [-0.3, -0.25) is 5.43 Å². The zero-order valence-corrected chi connectivity index (χ0v) is 11.1. The van der Waals surface area contributed by atoms with E-state index < -0.39 is 0 Å². The minimum atomic E-state index is 0.0995. The van der Waals surface area contributed by atoms with E-state index in [2.05, 4.69) is 10.5 Å². The molecule has 0 fully saturated rings. The summed E-state index contributed by atoms with van der Waals surface area (Å²) in [5.41, 5.74) is 4.48. The fraction of sp³-hybridized carbons (Fsp3) is 0.0714. The molecule has 2 aromatic carbocycles. The van der Waals surface area contributed by atoms with Crippen LogP contribution in [0.3, 0.4) is 0 Å². The van der Waals surface area contributed by atoms with Crippen molar-refractivity contribution in [2.45, 2.75) is 0 Å². The molecule has 0 spiro atoms. The molecule has 0 heterocycles. The van der Waals surface area contributed by atoms with E-state index in [1.165, 1.54) is 7.11 Å². The van der Waals surface area contributed by atoms with Crippen molar-refractivity contribution in [3.8, 4) is 11.5 Å². The van der Waals surface area contributed by atoms with Crippen LogP contribution in [0, 0.1) is 0 Å². The van der Waals surface area contributed by atoms with Crippen LogP contribution < -0.4 is 10.2 Å². The minimum absolute atomic E-state index is 0.0995. The Morgan fingerprint density at radius 2 is 2.11 bits per heavy atom. The maximum Gasteiger partial charge on any atom is 0.161 e. The highest BCUT2D eigenvalue weighted by atomic mass is 35.5. The number of phenolic OH excluding ortho intramolecular Hbond substituents is 1. The van der Waals surface area contributed by atoms with E-state index in [1.807, 2.05) is 12.1 Å². The number of nitrogens with one attached hydrogen (secondary N) is 1. The molecule has 98 valence electrons. The van der Waals surface area contributed by atoms with Crippen molar-refractivity contribution in [2.24, 2.45) is 5.10 Å². The third-order valence-corrected chi connectivity index (χ3v) is 2.67. The van der Waals surface area contributed by atoms with Gasteiger partial charge >= 0.3 is 0 Å². The van der Waals surface area contributed by atoms with Crippen molar-refractivity contribution in [3.63, 3.8) is 0 Å². The van der Waals surface area contributed by atoms with Gasteiger partial charge in [0.25, 0.3) is 0 Å². The lowest BCUT2D eigenvalue weighted by atomic mass is 10.2. The Labute approximate surface area is 116 Å². The summed E-state index contributed by atoms with van der Waals surface area (Å²) in [5.74, 6) is 0.508. The average molecular weight is 277 g/mol. The third-order valence-electron chi connectivity index (χ3n) is 2.44. The van der Waals surface area contributed by atoms with Crippen molar-refractivity contribution in [2.75, 3.05) is 12.5 Å². The van der Waals surface area contributed by atoms with Gasteiger partial charge in [0.2, 0.25) is 0 Å². The molecule has 19 heavy (non-hydrogen) atoms. The molecular formula is C14H13ClN2O2.